The Kier molecular flexibility index (Phi) is 7.64. The highest BCUT2D eigenvalue weighted by atomic mass is 19.4. The Labute approximate surface area is 202 Å². The Morgan fingerprint density at radius 2 is 1.63 bits per heavy atom. The number of hydrogen-bond acceptors (Lipinski definition) is 4. The third kappa shape index (κ3) is 6.33. The van der Waals surface area contributed by atoms with Gasteiger partial charge in [-0.3, -0.25) is 9.59 Å². The average molecular weight is 491 g/mol. The number of halogens is 3. The Morgan fingerprint density at radius 3 is 2.29 bits per heavy atom. The number of morpholine rings is 1. The van der Waals surface area contributed by atoms with Crippen molar-refractivity contribution in [2.45, 2.75) is 25.4 Å². The Balaban J connectivity index is 1.51. The molecule has 0 saturated carbocycles. The van der Waals surface area contributed by atoms with E-state index < -0.39 is 17.2 Å². The number of hydrogen-bond donors (Lipinski definition) is 0. The van der Waals surface area contributed by atoms with E-state index in [0.717, 1.165) is 12.1 Å². The van der Waals surface area contributed by atoms with Gasteiger partial charge in [-0.2, -0.15) is 13.2 Å². The van der Waals surface area contributed by atoms with Crippen molar-refractivity contribution in [3.05, 3.63) is 65.7 Å². The Hall–Kier alpha value is -3.07. The molecule has 2 aromatic carbocycles. The molecule has 0 radical (unpaired) electrons. The molecule has 6 nitrogen and oxygen atoms in total. The summed E-state index contributed by atoms with van der Waals surface area (Å²) in [5, 5.41) is 0. The predicted molar refractivity (Wildman–Crippen MR) is 123 cm³/mol. The summed E-state index contributed by atoms with van der Waals surface area (Å²) < 4.78 is 50.2. The van der Waals surface area contributed by atoms with Gasteiger partial charge in [-0.05, 0) is 49.2 Å². The van der Waals surface area contributed by atoms with Gasteiger partial charge in [0.05, 0.1) is 25.4 Å². The van der Waals surface area contributed by atoms with Crippen LogP contribution in [0.3, 0.4) is 0 Å². The van der Waals surface area contributed by atoms with Gasteiger partial charge in [-0.15, -0.1) is 0 Å². The Bertz CT molecular complexity index is 1010. The summed E-state index contributed by atoms with van der Waals surface area (Å²) in [6.07, 6.45) is -2.87. The van der Waals surface area contributed by atoms with E-state index in [0.29, 0.717) is 51.4 Å². The summed E-state index contributed by atoms with van der Waals surface area (Å²) in [6, 6.07) is 13.5. The second kappa shape index (κ2) is 10.7. The molecule has 2 saturated heterocycles. The van der Waals surface area contributed by atoms with Crippen LogP contribution in [0.25, 0.3) is 0 Å². The van der Waals surface area contributed by atoms with Crippen molar-refractivity contribution in [3.8, 4) is 5.75 Å². The van der Waals surface area contributed by atoms with E-state index in [9.17, 15) is 22.8 Å². The number of ether oxygens (including phenoxy) is 2. The van der Waals surface area contributed by atoms with Crippen LogP contribution in [-0.4, -0.2) is 67.6 Å². The second-order valence-electron chi connectivity index (χ2n) is 9.18. The standard InChI is InChI=1S/C26H29F3N2O4/c27-26(28,29)21-9-7-20(8-10-21)24(33)31-12-4-11-25(18-31,19-35-22-5-2-1-3-6-22)17-23(32)30-13-15-34-16-14-30/h1-3,5-10H,4,11-19H2. The number of nitrogens with zero attached hydrogens (tertiary/aromatic N) is 2. The SMILES string of the molecule is O=C(CC1(COc2ccccc2)CCCN(C(=O)c2ccc(C(F)(F)F)cc2)C1)N1CCOCC1. The number of piperidine rings is 1. The van der Waals surface area contributed by atoms with Gasteiger partial charge in [-0.25, -0.2) is 0 Å². The molecule has 2 fully saturated rings. The molecule has 35 heavy (non-hydrogen) atoms. The van der Waals surface area contributed by atoms with Crippen LogP contribution in [0.1, 0.15) is 35.2 Å². The normalized spacial score (nSPS) is 21.0. The average Bonchev–Trinajstić information content (AvgIpc) is 2.88. The fourth-order valence-electron chi connectivity index (χ4n) is 4.68. The summed E-state index contributed by atoms with van der Waals surface area (Å²) in [4.78, 5) is 29.8. The smallest absolute Gasteiger partial charge is 0.416 e. The fraction of sp³-hybridized carbons (Fsp3) is 0.462. The largest absolute Gasteiger partial charge is 0.493 e. The maximum Gasteiger partial charge on any atom is 0.416 e. The summed E-state index contributed by atoms with van der Waals surface area (Å²) in [5.74, 6) is 0.326. The lowest BCUT2D eigenvalue weighted by Gasteiger charge is -2.43. The highest BCUT2D eigenvalue weighted by molar-refractivity contribution is 5.94. The zero-order chi connectivity index (χ0) is 24.9. The summed E-state index contributed by atoms with van der Waals surface area (Å²) in [6.45, 7) is 3.07. The molecule has 0 spiro atoms. The second-order valence-corrected chi connectivity index (χ2v) is 9.18. The topological polar surface area (TPSA) is 59.1 Å². The first-order valence-electron chi connectivity index (χ1n) is 11.8. The van der Waals surface area contributed by atoms with Crippen molar-refractivity contribution in [3.63, 3.8) is 0 Å². The van der Waals surface area contributed by atoms with E-state index in [-0.39, 0.29) is 37.0 Å². The summed E-state index contributed by atoms with van der Waals surface area (Å²) in [7, 11) is 0. The van der Waals surface area contributed by atoms with E-state index >= 15 is 0 Å². The van der Waals surface area contributed by atoms with Gasteiger partial charge >= 0.3 is 6.18 Å². The van der Waals surface area contributed by atoms with Crippen LogP contribution in [0.2, 0.25) is 0 Å². The lowest BCUT2D eigenvalue weighted by molar-refractivity contribution is -0.139. The summed E-state index contributed by atoms with van der Waals surface area (Å²) >= 11 is 0. The van der Waals surface area contributed by atoms with Crippen molar-refractivity contribution < 1.29 is 32.2 Å². The Morgan fingerprint density at radius 1 is 0.943 bits per heavy atom. The number of alkyl halides is 3. The molecule has 0 aliphatic carbocycles. The minimum atomic E-state index is -4.46. The van der Waals surface area contributed by atoms with Crippen molar-refractivity contribution in [1.82, 2.24) is 9.80 Å². The lowest BCUT2D eigenvalue weighted by atomic mass is 9.77. The van der Waals surface area contributed by atoms with Gasteiger partial charge in [0.25, 0.3) is 5.91 Å². The minimum absolute atomic E-state index is 0.00575. The molecule has 2 aromatic rings. The predicted octanol–water partition coefficient (Wildman–Crippen LogP) is 4.26. The van der Waals surface area contributed by atoms with Crippen molar-refractivity contribution >= 4 is 11.8 Å². The van der Waals surface area contributed by atoms with Crippen LogP contribution in [0, 0.1) is 5.41 Å². The molecular formula is C26H29F3N2O4. The maximum absolute atomic E-state index is 13.2. The molecule has 2 aliphatic rings. The van der Waals surface area contributed by atoms with Crippen LogP contribution in [0.4, 0.5) is 13.2 Å². The molecule has 2 aliphatic heterocycles. The molecule has 2 amide bonds. The van der Waals surface area contributed by atoms with E-state index in [1.165, 1.54) is 12.1 Å². The zero-order valence-corrected chi connectivity index (χ0v) is 19.4. The van der Waals surface area contributed by atoms with E-state index in [4.69, 9.17) is 9.47 Å². The first-order valence-corrected chi connectivity index (χ1v) is 11.8. The first-order chi connectivity index (χ1) is 16.8. The number of para-hydroxylation sites is 1. The third-order valence-electron chi connectivity index (χ3n) is 6.59. The number of amides is 2. The van der Waals surface area contributed by atoms with Crippen molar-refractivity contribution in [2.24, 2.45) is 5.41 Å². The van der Waals surface area contributed by atoms with Crippen molar-refractivity contribution in [2.75, 3.05) is 46.0 Å². The first kappa shape index (κ1) is 25.0. The maximum atomic E-state index is 13.2. The lowest BCUT2D eigenvalue weighted by Crippen LogP contribution is -2.52. The molecular weight excluding hydrogens is 461 g/mol. The highest BCUT2D eigenvalue weighted by Crippen LogP contribution is 2.36. The number of likely N-dealkylation sites (tertiary alicyclic amines) is 1. The van der Waals surface area contributed by atoms with Gasteiger partial charge in [0.2, 0.25) is 5.91 Å². The number of carbonyl (C=O) groups is 2. The molecule has 2 heterocycles. The monoisotopic (exact) mass is 490 g/mol. The minimum Gasteiger partial charge on any atom is -0.493 e. The van der Waals surface area contributed by atoms with Gasteiger partial charge in [-0.1, -0.05) is 18.2 Å². The molecule has 4 rings (SSSR count). The third-order valence-corrected chi connectivity index (χ3v) is 6.59. The quantitative estimate of drug-likeness (QED) is 0.608. The number of rotatable bonds is 6. The molecule has 0 N–H and O–H groups in total. The molecule has 188 valence electrons. The molecule has 9 heteroatoms. The van der Waals surface area contributed by atoms with Crippen LogP contribution in [-0.2, 0) is 15.7 Å². The van der Waals surface area contributed by atoms with Gasteiger partial charge in [0.1, 0.15) is 5.75 Å². The van der Waals surface area contributed by atoms with Gasteiger partial charge < -0.3 is 19.3 Å². The zero-order valence-electron chi connectivity index (χ0n) is 19.4. The number of benzene rings is 2. The molecule has 1 unspecified atom stereocenters. The number of carbonyl (C=O) groups excluding carboxylic acids is 2. The van der Waals surface area contributed by atoms with Gasteiger partial charge in [0.15, 0.2) is 0 Å². The van der Waals surface area contributed by atoms with Crippen LogP contribution < -0.4 is 4.74 Å². The van der Waals surface area contributed by atoms with E-state index in [1.54, 1.807) is 9.80 Å². The molecule has 0 bridgehead atoms. The van der Waals surface area contributed by atoms with Crippen LogP contribution >= 0.6 is 0 Å². The van der Waals surface area contributed by atoms with Crippen LogP contribution in [0.15, 0.2) is 54.6 Å². The van der Waals surface area contributed by atoms with Crippen molar-refractivity contribution in [1.29, 1.82) is 0 Å². The fourth-order valence-corrected chi connectivity index (χ4v) is 4.68. The highest BCUT2D eigenvalue weighted by Gasteiger charge is 2.41. The summed E-state index contributed by atoms with van der Waals surface area (Å²) in [5.41, 5.74) is -1.21. The van der Waals surface area contributed by atoms with Crippen LogP contribution in [0.5, 0.6) is 5.75 Å². The van der Waals surface area contributed by atoms with E-state index in [1.807, 2.05) is 30.3 Å². The molecule has 0 aromatic heterocycles. The van der Waals surface area contributed by atoms with E-state index in [2.05, 4.69) is 0 Å². The van der Waals surface area contributed by atoms with Gasteiger partial charge in [0, 0.05) is 43.6 Å². The molecule has 1 atom stereocenters.